The second-order valence-electron chi connectivity index (χ2n) is 4.86. The highest BCUT2D eigenvalue weighted by atomic mass is 16.2. The molecule has 1 aromatic heterocycles. The molecule has 0 spiro atoms. The van der Waals surface area contributed by atoms with E-state index >= 15 is 0 Å². The molecule has 4 nitrogen and oxygen atoms in total. The van der Waals surface area contributed by atoms with Gasteiger partial charge >= 0.3 is 0 Å². The molecule has 0 fully saturated rings. The van der Waals surface area contributed by atoms with Crippen LogP contribution in [0.2, 0.25) is 0 Å². The Kier molecular flexibility index (Phi) is 3.51. The number of nitrogens with zero attached hydrogens (tertiary/aromatic N) is 1. The van der Waals surface area contributed by atoms with Crippen LogP contribution >= 0.6 is 0 Å². The Bertz CT molecular complexity index is 818. The van der Waals surface area contributed by atoms with Gasteiger partial charge in [0.25, 0.3) is 5.91 Å². The van der Waals surface area contributed by atoms with Gasteiger partial charge in [0.2, 0.25) is 0 Å². The van der Waals surface area contributed by atoms with E-state index in [1.165, 1.54) is 0 Å². The average molecular weight is 277 g/mol. The topological polar surface area (TPSA) is 57.2 Å². The molecule has 0 aliphatic heterocycles. The summed E-state index contributed by atoms with van der Waals surface area (Å²) < 4.78 is 0. The van der Waals surface area contributed by atoms with E-state index in [1.807, 2.05) is 55.5 Å². The van der Waals surface area contributed by atoms with Gasteiger partial charge in [-0.05, 0) is 18.6 Å². The van der Waals surface area contributed by atoms with Crippen LogP contribution in [0.3, 0.4) is 0 Å². The van der Waals surface area contributed by atoms with Crippen LogP contribution in [-0.2, 0) is 0 Å². The number of aromatic amines is 1. The second kappa shape index (κ2) is 5.63. The first-order chi connectivity index (χ1) is 10.2. The molecule has 0 saturated heterocycles. The van der Waals surface area contributed by atoms with Gasteiger partial charge in [0, 0.05) is 17.1 Å². The highest BCUT2D eigenvalue weighted by Gasteiger charge is 2.10. The summed E-state index contributed by atoms with van der Waals surface area (Å²) in [5.74, 6) is -0.226. The van der Waals surface area contributed by atoms with Crippen molar-refractivity contribution in [2.75, 3.05) is 0 Å². The number of H-pyrrole nitrogens is 1. The van der Waals surface area contributed by atoms with E-state index in [4.69, 9.17) is 0 Å². The number of carbonyl (C=O) groups is 1. The minimum Gasteiger partial charge on any atom is -0.360 e. The molecular formula is C17H15N3O. The van der Waals surface area contributed by atoms with Crippen LogP contribution in [0.25, 0.3) is 10.9 Å². The number of fused-ring (bicyclic) bond motifs is 1. The van der Waals surface area contributed by atoms with E-state index in [-0.39, 0.29) is 5.91 Å². The third-order valence-electron chi connectivity index (χ3n) is 3.26. The number of nitrogens with one attached hydrogen (secondary N) is 2. The summed E-state index contributed by atoms with van der Waals surface area (Å²) in [6.07, 6.45) is 3.34. The molecule has 0 bridgehead atoms. The van der Waals surface area contributed by atoms with Crippen molar-refractivity contribution in [3.05, 3.63) is 71.4 Å². The van der Waals surface area contributed by atoms with Crippen LogP contribution in [0, 0.1) is 6.92 Å². The molecule has 0 aliphatic carbocycles. The lowest BCUT2D eigenvalue weighted by molar-refractivity contribution is 0.0957. The molecule has 3 aromatic rings. The molecule has 2 aromatic carbocycles. The lowest BCUT2D eigenvalue weighted by Gasteiger charge is -1.98. The zero-order valence-electron chi connectivity index (χ0n) is 11.6. The predicted octanol–water partition coefficient (Wildman–Crippen LogP) is 3.24. The van der Waals surface area contributed by atoms with Crippen molar-refractivity contribution in [2.45, 2.75) is 6.92 Å². The van der Waals surface area contributed by atoms with Gasteiger partial charge < -0.3 is 4.98 Å². The number of hydrogen-bond donors (Lipinski definition) is 2. The summed E-state index contributed by atoms with van der Waals surface area (Å²) >= 11 is 0. The maximum Gasteiger partial charge on any atom is 0.273 e. The average Bonchev–Trinajstić information content (AvgIpc) is 2.91. The number of amides is 1. The maximum absolute atomic E-state index is 12.1. The van der Waals surface area contributed by atoms with Crippen molar-refractivity contribution in [1.82, 2.24) is 10.4 Å². The molecule has 104 valence electrons. The molecule has 0 radical (unpaired) electrons. The Morgan fingerprint density at radius 2 is 2.05 bits per heavy atom. The van der Waals surface area contributed by atoms with E-state index in [2.05, 4.69) is 15.5 Å². The summed E-state index contributed by atoms with van der Waals surface area (Å²) in [6, 6.07) is 15.6. The maximum atomic E-state index is 12.1. The van der Waals surface area contributed by atoms with Crippen LogP contribution in [0.1, 0.15) is 21.5 Å². The van der Waals surface area contributed by atoms with Crippen LogP contribution in [0.4, 0.5) is 0 Å². The van der Waals surface area contributed by atoms with Crippen LogP contribution in [0.5, 0.6) is 0 Å². The molecule has 0 atom stereocenters. The molecule has 1 amide bonds. The highest BCUT2D eigenvalue weighted by molar-refractivity contribution is 6.06. The number of rotatable bonds is 3. The lowest BCUT2D eigenvalue weighted by atomic mass is 10.1. The van der Waals surface area contributed by atoms with E-state index in [9.17, 15) is 4.79 Å². The van der Waals surface area contributed by atoms with Crippen molar-refractivity contribution in [1.29, 1.82) is 0 Å². The monoisotopic (exact) mass is 277 g/mol. The van der Waals surface area contributed by atoms with Gasteiger partial charge in [-0.15, -0.1) is 0 Å². The van der Waals surface area contributed by atoms with Crippen LogP contribution in [-0.4, -0.2) is 17.1 Å². The van der Waals surface area contributed by atoms with Crippen molar-refractivity contribution in [3.63, 3.8) is 0 Å². The first-order valence-electron chi connectivity index (χ1n) is 6.70. The van der Waals surface area contributed by atoms with Gasteiger partial charge in [0.05, 0.1) is 11.8 Å². The predicted molar refractivity (Wildman–Crippen MR) is 84.5 cm³/mol. The Morgan fingerprint density at radius 1 is 1.19 bits per heavy atom. The standard InChI is InChI=1S/C17H15N3O/c1-12-5-4-6-13(9-12)10-19-20-17(21)15-11-18-16-8-3-2-7-14(15)16/h2-11,18H,1H3,(H,20,21)/b19-10+. The molecule has 21 heavy (non-hydrogen) atoms. The normalized spacial score (nSPS) is 11.1. The molecule has 4 heteroatoms. The smallest absolute Gasteiger partial charge is 0.273 e. The van der Waals surface area contributed by atoms with Crippen LogP contribution < -0.4 is 5.43 Å². The number of hydrazone groups is 1. The Labute approximate surface area is 122 Å². The van der Waals surface area contributed by atoms with E-state index in [0.29, 0.717) is 5.56 Å². The fourth-order valence-electron chi connectivity index (χ4n) is 2.24. The lowest BCUT2D eigenvalue weighted by Crippen LogP contribution is -2.17. The van der Waals surface area contributed by atoms with E-state index in [0.717, 1.165) is 22.0 Å². The molecular weight excluding hydrogens is 262 g/mol. The minimum absolute atomic E-state index is 0.226. The van der Waals surface area contributed by atoms with Gasteiger partial charge in [-0.25, -0.2) is 5.43 Å². The number of benzene rings is 2. The minimum atomic E-state index is -0.226. The molecule has 1 heterocycles. The molecule has 0 unspecified atom stereocenters. The summed E-state index contributed by atoms with van der Waals surface area (Å²) in [5.41, 5.74) is 6.19. The zero-order chi connectivity index (χ0) is 14.7. The van der Waals surface area contributed by atoms with Gasteiger partial charge in [-0.2, -0.15) is 5.10 Å². The van der Waals surface area contributed by atoms with Gasteiger partial charge in [0.15, 0.2) is 0 Å². The summed E-state index contributed by atoms with van der Waals surface area (Å²) in [6.45, 7) is 2.02. The number of carbonyl (C=O) groups excluding carboxylic acids is 1. The Balaban J connectivity index is 1.75. The fraction of sp³-hybridized carbons (Fsp3) is 0.0588. The van der Waals surface area contributed by atoms with Crippen molar-refractivity contribution >= 4 is 23.0 Å². The summed E-state index contributed by atoms with van der Waals surface area (Å²) in [5, 5.41) is 4.90. The number of para-hydroxylation sites is 1. The summed E-state index contributed by atoms with van der Waals surface area (Å²) in [7, 11) is 0. The Hall–Kier alpha value is -2.88. The fourth-order valence-corrected chi connectivity index (χ4v) is 2.24. The van der Waals surface area contributed by atoms with Crippen molar-refractivity contribution in [3.8, 4) is 0 Å². The number of hydrogen-bond acceptors (Lipinski definition) is 2. The first-order valence-corrected chi connectivity index (χ1v) is 6.70. The van der Waals surface area contributed by atoms with Crippen LogP contribution in [0.15, 0.2) is 59.8 Å². The number of aromatic nitrogens is 1. The molecule has 0 aliphatic rings. The number of aryl methyl sites for hydroxylation is 1. The second-order valence-corrected chi connectivity index (χ2v) is 4.86. The SMILES string of the molecule is Cc1cccc(/C=N/NC(=O)c2c[nH]c3ccccc23)c1. The Morgan fingerprint density at radius 3 is 2.90 bits per heavy atom. The first kappa shape index (κ1) is 13.1. The van der Waals surface area contributed by atoms with Crippen molar-refractivity contribution < 1.29 is 4.79 Å². The largest absolute Gasteiger partial charge is 0.360 e. The van der Waals surface area contributed by atoms with Crippen molar-refractivity contribution in [2.24, 2.45) is 5.10 Å². The van der Waals surface area contributed by atoms with E-state index in [1.54, 1.807) is 12.4 Å². The van der Waals surface area contributed by atoms with Gasteiger partial charge in [0.1, 0.15) is 0 Å². The summed E-state index contributed by atoms with van der Waals surface area (Å²) in [4.78, 5) is 15.2. The third-order valence-corrected chi connectivity index (χ3v) is 3.26. The molecule has 3 rings (SSSR count). The zero-order valence-corrected chi connectivity index (χ0v) is 11.6. The van der Waals surface area contributed by atoms with E-state index < -0.39 is 0 Å². The molecule has 2 N–H and O–H groups in total. The highest BCUT2D eigenvalue weighted by Crippen LogP contribution is 2.17. The quantitative estimate of drug-likeness (QED) is 0.560. The van der Waals surface area contributed by atoms with Gasteiger partial charge in [-0.1, -0.05) is 48.0 Å². The third kappa shape index (κ3) is 2.84. The van der Waals surface area contributed by atoms with Gasteiger partial charge in [-0.3, -0.25) is 4.79 Å². The molecule has 0 saturated carbocycles.